The van der Waals surface area contributed by atoms with Crippen molar-refractivity contribution in [2.24, 2.45) is 0 Å². The Bertz CT molecular complexity index is 942. The number of carbonyl (C=O) groups excluding carboxylic acids is 1. The molecule has 3 N–H and O–H groups in total. The highest BCUT2D eigenvalue weighted by Crippen LogP contribution is 2.43. The van der Waals surface area contributed by atoms with Crippen LogP contribution < -0.4 is 5.32 Å². The van der Waals surface area contributed by atoms with Gasteiger partial charge >= 0.3 is 7.82 Å². The predicted molar refractivity (Wildman–Crippen MR) is 245 cm³/mol. The van der Waals surface area contributed by atoms with E-state index in [1.807, 2.05) is 27.2 Å². The summed E-state index contributed by atoms with van der Waals surface area (Å²) >= 11 is 0. The molecule has 0 heterocycles. The van der Waals surface area contributed by atoms with E-state index in [9.17, 15) is 19.4 Å². The molecule has 0 aliphatic rings. The minimum Gasteiger partial charge on any atom is -0.387 e. The first-order chi connectivity index (χ1) is 27.5. The van der Waals surface area contributed by atoms with Gasteiger partial charge in [-0.25, -0.2) is 4.57 Å². The number of phosphoric ester groups is 1. The van der Waals surface area contributed by atoms with Crippen LogP contribution in [0.25, 0.3) is 0 Å². The van der Waals surface area contributed by atoms with Crippen LogP contribution in [0.1, 0.15) is 239 Å². The third-order valence-corrected chi connectivity index (χ3v) is 12.2. The third kappa shape index (κ3) is 43.1. The summed E-state index contributed by atoms with van der Waals surface area (Å²) in [6.07, 6.45) is 48.4. The van der Waals surface area contributed by atoms with Gasteiger partial charge in [0.1, 0.15) is 13.2 Å². The molecule has 340 valence electrons. The van der Waals surface area contributed by atoms with E-state index in [0.717, 1.165) is 32.1 Å². The highest BCUT2D eigenvalue weighted by atomic mass is 31.2. The lowest BCUT2D eigenvalue weighted by molar-refractivity contribution is -0.870. The van der Waals surface area contributed by atoms with E-state index in [4.69, 9.17) is 9.05 Å². The van der Waals surface area contributed by atoms with Gasteiger partial charge in [0.05, 0.1) is 39.9 Å². The summed E-state index contributed by atoms with van der Waals surface area (Å²) in [5.74, 6) is -0.200. The van der Waals surface area contributed by atoms with E-state index < -0.39 is 20.0 Å². The van der Waals surface area contributed by atoms with E-state index in [2.05, 4.69) is 19.2 Å². The van der Waals surface area contributed by atoms with Crippen LogP contribution in [0.2, 0.25) is 0 Å². The number of amides is 1. The van der Waals surface area contributed by atoms with Gasteiger partial charge in [0.15, 0.2) is 0 Å². The smallest absolute Gasteiger partial charge is 0.387 e. The summed E-state index contributed by atoms with van der Waals surface area (Å²) in [7, 11) is 1.58. The van der Waals surface area contributed by atoms with Gasteiger partial charge in [-0.05, 0) is 19.3 Å². The number of likely N-dealkylation sites (N-methyl/N-ethyl adjacent to an activating group) is 1. The van der Waals surface area contributed by atoms with Crippen LogP contribution in [0.3, 0.4) is 0 Å². The number of unbranched alkanes of at least 4 members (excludes halogenated alkanes) is 32. The lowest BCUT2D eigenvalue weighted by Crippen LogP contribution is -2.45. The van der Waals surface area contributed by atoms with Crippen molar-refractivity contribution in [2.75, 3.05) is 40.9 Å². The third-order valence-electron chi connectivity index (χ3n) is 11.3. The molecule has 0 radical (unpaired) electrons. The topological polar surface area (TPSA) is 105 Å². The minimum atomic E-state index is -4.31. The zero-order chi connectivity index (χ0) is 42.1. The van der Waals surface area contributed by atoms with Crippen LogP contribution >= 0.6 is 7.82 Å². The van der Waals surface area contributed by atoms with Crippen LogP contribution in [-0.2, 0) is 18.4 Å². The second kappa shape index (κ2) is 40.6. The zero-order valence-electron chi connectivity index (χ0n) is 38.6. The number of nitrogens with one attached hydrogen (secondary N) is 1. The normalized spacial score (nSPS) is 14.3. The molecule has 0 saturated heterocycles. The van der Waals surface area contributed by atoms with Crippen molar-refractivity contribution in [2.45, 2.75) is 251 Å². The average molecular weight is 830 g/mol. The molecule has 3 atom stereocenters. The van der Waals surface area contributed by atoms with Crippen molar-refractivity contribution in [3.05, 3.63) is 12.2 Å². The van der Waals surface area contributed by atoms with Crippen LogP contribution in [0.5, 0.6) is 0 Å². The lowest BCUT2D eigenvalue weighted by Gasteiger charge is -2.25. The monoisotopic (exact) mass is 830 g/mol. The van der Waals surface area contributed by atoms with Gasteiger partial charge in [0.25, 0.3) is 0 Å². The van der Waals surface area contributed by atoms with Gasteiger partial charge < -0.3 is 19.8 Å². The molecule has 0 fully saturated rings. The fraction of sp³-hybridized carbons (Fsp3) is 0.938. The van der Waals surface area contributed by atoms with Crippen molar-refractivity contribution < 1.29 is 32.9 Å². The molecule has 0 aromatic rings. The fourth-order valence-corrected chi connectivity index (χ4v) is 8.07. The number of carbonyl (C=O) groups is 1. The summed E-state index contributed by atoms with van der Waals surface area (Å²) in [5.41, 5.74) is 0. The minimum absolute atomic E-state index is 0.0630. The summed E-state index contributed by atoms with van der Waals surface area (Å²) < 4.78 is 23.3. The molecule has 0 rings (SSSR count). The average Bonchev–Trinajstić information content (AvgIpc) is 3.16. The van der Waals surface area contributed by atoms with Gasteiger partial charge in [0, 0.05) is 6.42 Å². The number of allylic oxidation sites excluding steroid dienone is 1. The summed E-state index contributed by atoms with van der Waals surface area (Å²) in [4.78, 5) is 22.6. The Balaban J connectivity index is 3.77. The van der Waals surface area contributed by atoms with Crippen LogP contribution in [-0.4, -0.2) is 73.4 Å². The van der Waals surface area contributed by atoms with Crippen molar-refractivity contribution in [1.29, 1.82) is 0 Å². The summed E-state index contributed by atoms with van der Waals surface area (Å²) in [6, 6.07) is -0.837. The second-order valence-corrected chi connectivity index (χ2v) is 19.7. The molecule has 0 aromatic carbocycles. The van der Waals surface area contributed by atoms with Gasteiger partial charge in [-0.2, -0.15) is 0 Å². The molecule has 0 aliphatic carbocycles. The Hall–Kier alpha value is -0.760. The summed E-state index contributed by atoms with van der Waals surface area (Å²) in [5, 5.41) is 13.6. The first-order valence-corrected chi connectivity index (χ1v) is 26.1. The Morgan fingerprint density at radius 2 is 0.930 bits per heavy atom. The van der Waals surface area contributed by atoms with Crippen LogP contribution in [0, 0.1) is 0 Å². The second-order valence-electron chi connectivity index (χ2n) is 18.2. The van der Waals surface area contributed by atoms with Crippen molar-refractivity contribution in [3.63, 3.8) is 0 Å². The van der Waals surface area contributed by atoms with Gasteiger partial charge in [0.2, 0.25) is 5.91 Å². The highest BCUT2D eigenvalue weighted by Gasteiger charge is 2.27. The standard InChI is InChI=1S/C48H97N2O6P/c1-6-8-10-11-12-13-14-15-16-17-18-19-20-21-22-23-24-25-26-27-28-29-30-31-32-33-34-35-36-37-38-40-41-47(51)46(49-48(52)42-39-9-7-2)45-56-57(53,54)55-44-43-50(3,4)5/h40-41,46-47,51H,6-39,42-45H2,1-5H3,(H-,49,52,53,54)/p+1/b41-40+. The number of rotatable bonds is 45. The molecule has 0 spiro atoms. The van der Waals surface area contributed by atoms with E-state index in [0.29, 0.717) is 17.4 Å². The van der Waals surface area contributed by atoms with Gasteiger partial charge in [-0.3, -0.25) is 13.8 Å². The first kappa shape index (κ1) is 56.2. The maximum Gasteiger partial charge on any atom is 0.472 e. The largest absolute Gasteiger partial charge is 0.472 e. The number of nitrogens with zero attached hydrogens (tertiary/aromatic N) is 1. The molecular formula is C48H98N2O6P+. The zero-order valence-corrected chi connectivity index (χ0v) is 39.5. The van der Waals surface area contributed by atoms with Crippen molar-refractivity contribution in [1.82, 2.24) is 5.32 Å². The number of hydrogen-bond acceptors (Lipinski definition) is 5. The first-order valence-electron chi connectivity index (χ1n) is 24.6. The lowest BCUT2D eigenvalue weighted by atomic mass is 10.0. The molecular weight excluding hydrogens is 732 g/mol. The van der Waals surface area contributed by atoms with Gasteiger partial charge in [-0.1, -0.05) is 225 Å². The van der Waals surface area contributed by atoms with Crippen molar-refractivity contribution in [3.8, 4) is 0 Å². The Labute approximate surface area is 354 Å². The molecule has 57 heavy (non-hydrogen) atoms. The number of phosphoric acid groups is 1. The molecule has 0 bridgehead atoms. The number of aliphatic hydroxyl groups excluding tert-OH is 1. The molecule has 1 amide bonds. The maximum absolute atomic E-state index is 12.5. The van der Waals surface area contributed by atoms with Gasteiger partial charge in [-0.15, -0.1) is 0 Å². The van der Waals surface area contributed by atoms with E-state index in [1.165, 1.54) is 186 Å². The maximum atomic E-state index is 12.5. The molecule has 8 nitrogen and oxygen atoms in total. The predicted octanol–water partition coefficient (Wildman–Crippen LogP) is 13.9. The summed E-state index contributed by atoms with van der Waals surface area (Å²) in [6.45, 7) is 4.66. The van der Waals surface area contributed by atoms with Crippen LogP contribution in [0.15, 0.2) is 12.2 Å². The Morgan fingerprint density at radius 1 is 0.579 bits per heavy atom. The molecule has 0 aromatic heterocycles. The quantitative estimate of drug-likeness (QED) is 0.0244. The van der Waals surface area contributed by atoms with Crippen LogP contribution in [0.4, 0.5) is 0 Å². The molecule has 0 aliphatic heterocycles. The number of aliphatic hydroxyl groups is 1. The Kier molecular flexibility index (Phi) is 40.1. The SMILES string of the molecule is CCCCCCCCCCCCCCCCCCCCCCCCCCCCCCCC/C=C/C(O)C(COP(=O)(O)OCC[N+](C)(C)C)NC(=O)CCCCC. The van der Waals surface area contributed by atoms with E-state index in [-0.39, 0.29) is 19.1 Å². The van der Waals surface area contributed by atoms with E-state index >= 15 is 0 Å². The van der Waals surface area contributed by atoms with E-state index in [1.54, 1.807) is 6.08 Å². The molecule has 3 unspecified atom stereocenters. The highest BCUT2D eigenvalue weighted by molar-refractivity contribution is 7.47. The Morgan fingerprint density at radius 3 is 1.30 bits per heavy atom. The number of quaternary nitrogens is 1. The van der Waals surface area contributed by atoms with Crippen molar-refractivity contribution >= 4 is 13.7 Å². The number of hydrogen-bond donors (Lipinski definition) is 3. The molecule has 0 saturated carbocycles. The molecule has 9 heteroatoms. The fourth-order valence-electron chi connectivity index (χ4n) is 7.34.